The molecule has 0 aliphatic carbocycles. The van der Waals surface area contributed by atoms with Gasteiger partial charge in [0.25, 0.3) is 0 Å². The highest BCUT2D eigenvalue weighted by atomic mass is 15.1. The molecule has 0 radical (unpaired) electrons. The van der Waals surface area contributed by atoms with E-state index in [0.717, 1.165) is 11.6 Å². The van der Waals surface area contributed by atoms with Crippen LogP contribution in [0.4, 0.5) is 5.69 Å². The predicted molar refractivity (Wildman–Crippen MR) is 73.9 cm³/mol. The van der Waals surface area contributed by atoms with Gasteiger partial charge >= 0.3 is 0 Å². The summed E-state index contributed by atoms with van der Waals surface area (Å²) in [6.07, 6.45) is 4.03. The minimum atomic E-state index is 0.490. The summed E-state index contributed by atoms with van der Waals surface area (Å²) in [6, 6.07) is 8.81. The SMILES string of the molecule is CC1CCCN(C(C)c2cccc(N)c2)CC1. The van der Waals surface area contributed by atoms with Crippen LogP contribution in [-0.2, 0) is 0 Å². The molecule has 94 valence electrons. The summed E-state index contributed by atoms with van der Waals surface area (Å²) in [4.78, 5) is 2.60. The third kappa shape index (κ3) is 3.22. The van der Waals surface area contributed by atoms with E-state index in [1.165, 1.54) is 37.9 Å². The first-order chi connectivity index (χ1) is 8.16. The van der Waals surface area contributed by atoms with Gasteiger partial charge in [0, 0.05) is 11.7 Å². The molecule has 0 saturated carbocycles. The third-order valence-corrected chi connectivity index (χ3v) is 3.99. The van der Waals surface area contributed by atoms with Crippen molar-refractivity contribution in [1.82, 2.24) is 4.90 Å². The van der Waals surface area contributed by atoms with E-state index in [9.17, 15) is 0 Å². The molecule has 1 aromatic carbocycles. The Morgan fingerprint density at radius 1 is 1.29 bits per heavy atom. The number of rotatable bonds is 2. The summed E-state index contributed by atoms with van der Waals surface area (Å²) in [5, 5.41) is 0. The van der Waals surface area contributed by atoms with Crippen LogP contribution < -0.4 is 5.73 Å². The molecule has 1 saturated heterocycles. The lowest BCUT2D eigenvalue weighted by Crippen LogP contribution is -2.28. The fraction of sp³-hybridized carbons (Fsp3) is 0.600. The molecular weight excluding hydrogens is 208 g/mol. The molecule has 0 bridgehead atoms. The number of nitrogens with two attached hydrogens (primary N) is 1. The molecule has 0 spiro atoms. The van der Waals surface area contributed by atoms with Crippen molar-refractivity contribution >= 4 is 5.69 Å². The lowest BCUT2D eigenvalue weighted by Gasteiger charge is -2.28. The molecular formula is C15H24N2. The quantitative estimate of drug-likeness (QED) is 0.791. The summed E-state index contributed by atoms with van der Waals surface area (Å²) >= 11 is 0. The highest BCUT2D eigenvalue weighted by Gasteiger charge is 2.19. The molecule has 2 nitrogen and oxygen atoms in total. The standard InChI is InChI=1S/C15H24N2/c1-12-5-4-9-17(10-8-12)13(2)14-6-3-7-15(16)11-14/h3,6-7,11-13H,4-5,8-10,16H2,1-2H3. The number of benzene rings is 1. The maximum atomic E-state index is 5.86. The van der Waals surface area contributed by atoms with E-state index in [4.69, 9.17) is 5.73 Å². The van der Waals surface area contributed by atoms with Crippen molar-refractivity contribution in [2.24, 2.45) is 5.92 Å². The first-order valence-electron chi connectivity index (χ1n) is 6.76. The predicted octanol–water partition coefficient (Wildman–Crippen LogP) is 3.45. The van der Waals surface area contributed by atoms with Crippen LogP contribution in [0.2, 0.25) is 0 Å². The van der Waals surface area contributed by atoms with E-state index in [2.05, 4.69) is 36.9 Å². The lowest BCUT2D eigenvalue weighted by atomic mass is 10.0. The summed E-state index contributed by atoms with van der Waals surface area (Å²) in [5.74, 6) is 0.882. The normalized spacial score (nSPS) is 24.2. The lowest BCUT2D eigenvalue weighted by molar-refractivity contribution is 0.217. The number of hydrogen-bond donors (Lipinski definition) is 1. The number of likely N-dealkylation sites (tertiary alicyclic amines) is 1. The minimum Gasteiger partial charge on any atom is -0.399 e. The van der Waals surface area contributed by atoms with E-state index < -0.39 is 0 Å². The first kappa shape index (κ1) is 12.4. The smallest absolute Gasteiger partial charge is 0.0320 e. The van der Waals surface area contributed by atoms with Crippen molar-refractivity contribution in [3.05, 3.63) is 29.8 Å². The average Bonchev–Trinajstić information content (AvgIpc) is 2.53. The van der Waals surface area contributed by atoms with Crippen LogP contribution in [0.1, 0.15) is 44.7 Å². The van der Waals surface area contributed by atoms with Crippen LogP contribution in [0.15, 0.2) is 24.3 Å². The van der Waals surface area contributed by atoms with Crippen LogP contribution in [0.25, 0.3) is 0 Å². The van der Waals surface area contributed by atoms with Crippen molar-refractivity contribution in [1.29, 1.82) is 0 Å². The Balaban J connectivity index is 2.06. The Hall–Kier alpha value is -1.02. The van der Waals surface area contributed by atoms with Crippen LogP contribution >= 0.6 is 0 Å². The number of nitrogens with zero attached hydrogens (tertiary/aromatic N) is 1. The van der Waals surface area contributed by atoms with Crippen LogP contribution in [0, 0.1) is 5.92 Å². The maximum Gasteiger partial charge on any atom is 0.0320 e. The first-order valence-corrected chi connectivity index (χ1v) is 6.76. The van der Waals surface area contributed by atoms with Crippen molar-refractivity contribution in [3.8, 4) is 0 Å². The largest absolute Gasteiger partial charge is 0.399 e. The molecule has 2 rings (SSSR count). The molecule has 0 aromatic heterocycles. The van der Waals surface area contributed by atoms with E-state index >= 15 is 0 Å². The van der Waals surface area contributed by atoms with E-state index in [1.807, 2.05) is 6.07 Å². The number of hydrogen-bond acceptors (Lipinski definition) is 2. The van der Waals surface area contributed by atoms with E-state index in [1.54, 1.807) is 0 Å². The molecule has 17 heavy (non-hydrogen) atoms. The highest BCUT2D eigenvalue weighted by Crippen LogP contribution is 2.26. The second-order valence-electron chi connectivity index (χ2n) is 5.42. The molecule has 1 aliphatic heterocycles. The van der Waals surface area contributed by atoms with Crippen molar-refractivity contribution in [2.45, 2.75) is 39.2 Å². The van der Waals surface area contributed by atoms with Gasteiger partial charge in [-0.2, -0.15) is 0 Å². The molecule has 2 heteroatoms. The molecule has 1 heterocycles. The van der Waals surface area contributed by atoms with Crippen LogP contribution in [0.3, 0.4) is 0 Å². The van der Waals surface area contributed by atoms with Crippen molar-refractivity contribution in [2.75, 3.05) is 18.8 Å². The van der Waals surface area contributed by atoms with Gasteiger partial charge in [-0.15, -0.1) is 0 Å². The fourth-order valence-electron chi connectivity index (χ4n) is 2.70. The Morgan fingerprint density at radius 3 is 2.88 bits per heavy atom. The van der Waals surface area contributed by atoms with Gasteiger partial charge < -0.3 is 5.73 Å². The maximum absolute atomic E-state index is 5.86. The number of anilines is 1. The fourth-order valence-corrected chi connectivity index (χ4v) is 2.70. The molecule has 2 N–H and O–H groups in total. The molecule has 1 fully saturated rings. The van der Waals surface area contributed by atoms with Crippen molar-refractivity contribution in [3.63, 3.8) is 0 Å². The Morgan fingerprint density at radius 2 is 2.12 bits per heavy atom. The summed E-state index contributed by atoms with van der Waals surface area (Å²) in [7, 11) is 0. The van der Waals surface area contributed by atoms with E-state index in [-0.39, 0.29) is 0 Å². The van der Waals surface area contributed by atoms with Gasteiger partial charge in [-0.25, -0.2) is 0 Å². The zero-order valence-electron chi connectivity index (χ0n) is 11.0. The van der Waals surface area contributed by atoms with Gasteiger partial charge in [0.15, 0.2) is 0 Å². The van der Waals surface area contributed by atoms with Gasteiger partial charge in [-0.05, 0) is 62.9 Å². The number of nitrogen functional groups attached to an aromatic ring is 1. The van der Waals surface area contributed by atoms with Gasteiger partial charge in [0.1, 0.15) is 0 Å². The van der Waals surface area contributed by atoms with Gasteiger partial charge in [0.2, 0.25) is 0 Å². The highest BCUT2D eigenvalue weighted by molar-refractivity contribution is 5.41. The van der Waals surface area contributed by atoms with Crippen molar-refractivity contribution < 1.29 is 0 Å². The third-order valence-electron chi connectivity index (χ3n) is 3.99. The molecule has 1 aromatic rings. The van der Waals surface area contributed by atoms with Crippen LogP contribution in [0.5, 0.6) is 0 Å². The van der Waals surface area contributed by atoms with Crippen LogP contribution in [-0.4, -0.2) is 18.0 Å². The Labute approximate surface area is 105 Å². The van der Waals surface area contributed by atoms with E-state index in [0.29, 0.717) is 6.04 Å². The zero-order chi connectivity index (χ0) is 12.3. The summed E-state index contributed by atoms with van der Waals surface area (Å²) in [5.41, 5.74) is 8.08. The monoisotopic (exact) mass is 232 g/mol. The second-order valence-corrected chi connectivity index (χ2v) is 5.42. The molecule has 2 atom stereocenters. The Bertz CT molecular complexity index is 362. The average molecular weight is 232 g/mol. The second kappa shape index (κ2) is 5.54. The topological polar surface area (TPSA) is 29.3 Å². The minimum absolute atomic E-state index is 0.490. The molecule has 0 amide bonds. The van der Waals surface area contributed by atoms with Gasteiger partial charge in [0.05, 0.1) is 0 Å². The van der Waals surface area contributed by atoms with Gasteiger partial charge in [-0.1, -0.05) is 19.1 Å². The summed E-state index contributed by atoms with van der Waals surface area (Å²) in [6.45, 7) is 7.11. The Kier molecular flexibility index (Phi) is 4.06. The molecule has 1 aliphatic rings. The van der Waals surface area contributed by atoms with Gasteiger partial charge in [-0.3, -0.25) is 4.90 Å². The summed E-state index contributed by atoms with van der Waals surface area (Å²) < 4.78 is 0. The zero-order valence-corrected chi connectivity index (χ0v) is 11.0. The molecule has 2 unspecified atom stereocenters.